The quantitative estimate of drug-likeness (QED) is 0.0269. The molecule has 0 heterocycles. The average molecular weight is 755 g/mol. The highest BCUT2D eigenvalue weighted by Gasteiger charge is 2.19. The Bertz CT molecular complexity index is 1010. The lowest BCUT2D eigenvalue weighted by atomic mass is 10.1. The second-order valence-electron chi connectivity index (χ2n) is 14.6. The molecule has 0 aromatic heterocycles. The van der Waals surface area contributed by atoms with E-state index in [2.05, 4.69) is 81.5 Å². The highest BCUT2D eigenvalue weighted by molar-refractivity contribution is 5.71. The first-order chi connectivity index (χ1) is 26.5. The predicted octanol–water partition coefficient (Wildman–Crippen LogP) is 14.1. The summed E-state index contributed by atoms with van der Waals surface area (Å²) in [5.41, 5.74) is 0. The largest absolute Gasteiger partial charge is 0.462 e. The molecule has 0 radical (unpaired) electrons. The lowest BCUT2D eigenvalue weighted by molar-refractivity contribution is -0.167. The fourth-order valence-corrected chi connectivity index (χ4v) is 5.86. The van der Waals surface area contributed by atoms with E-state index in [9.17, 15) is 14.4 Å². The van der Waals surface area contributed by atoms with Crippen molar-refractivity contribution in [3.8, 4) is 0 Å². The topological polar surface area (TPSA) is 78.9 Å². The van der Waals surface area contributed by atoms with Crippen LogP contribution < -0.4 is 0 Å². The van der Waals surface area contributed by atoms with Crippen LogP contribution in [0.2, 0.25) is 0 Å². The predicted molar refractivity (Wildman–Crippen MR) is 228 cm³/mol. The van der Waals surface area contributed by atoms with Crippen molar-refractivity contribution in [1.29, 1.82) is 0 Å². The van der Waals surface area contributed by atoms with Gasteiger partial charge < -0.3 is 14.2 Å². The van der Waals surface area contributed by atoms with Gasteiger partial charge in [0.05, 0.1) is 0 Å². The van der Waals surface area contributed by atoms with Crippen LogP contribution in [0.3, 0.4) is 0 Å². The van der Waals surface area contributed by atoms with Crippen molar-refractivity contribution in [2.45, 2.75) is 213 Å². The van der Waals surface area contributed by atoms with Crippen molar-refractivity contribution in [3.63, 3.8) is 0 Å². The van der Waals surface area contributed by atoms with Gasteiger partial charge in [-0.25, -0.2) is 0 Å². The van der Waals surface area contributed by atoms with Crippen molar-refractivity contribution in [2.75, 3.05) is 13.2 Å². The van der Waals surface area contributed by atoms with Crippen LogP contribution in [-0.2, 0) is 28.6 Å². The number of carbonyl (C=O) groups is 3. The molecule has 1 unspecified atom stereocenters. The maximum Gasteiger partial charge on any atom is 0.306 e. The second kappa shape index (κ2) is 42.8. The number of unbranched alkanes of at least 4 members (excludes halogenated alkanes) is 18. The maximum atomic E-state index is 12.7. The van der Waals surface area contributed by atoms with E-state index in [0.717, 1.165) is 89.9 Å². The number of allylic oxidation sites excluding steroid dienone is 10. The molecule has 0 aromatic rings. The Morgan fingerprint density at radius 2 is 0.741 bits per heavy atom. The van der Waals surface area contributed by atoms with Crippen LogP contribution in [0.15, 0.2) is 60.8 Å². The van der Waals surface area contributed by atoms with Crippen molar-refractivity contribution in [1.82, 2.24) is 0 Å². The van der Waals surface area contributed by atoms with Gasteiger partial charge in [-0.15, -0.1) is 0 Å². The number of esters is 3. The SMILES string of the molecule is CC/C=C\C/C=C\C/C=C\CCCC(=O)OCC(COC(=O)CCCCC/C=C\CCCCCCCC)OC(=O)CCCCCCC/C=C\CCCCC. The summed E-state index contributed by atoms with van der Waals surface area (Å²) in [6.07, 6.45) is 50.7. The molecular weight excluding hydrogens is 673 g/mol. The van der Waals surface area contributed by atoms with Crippen molar-refractivity contribution in [2.24, 2.45) is 0 Å². The summed E-state index contributed by atoms with van der Waals surface area (Å²) in [6.45, 7) is 6.40. The minimum atomic E-state index is -0.801. The molecule has 0 aromatic carbocycles. The lowest BCUT2D eigenvalue weighted by Gasteiger charge is -2.18. The first-order valence-corrected chi connectivity index (χ1v) is 22.3. The maximum absolute atomic E-state index is 12.7. The van der Waals surface area contributed by atoms with Crippen LogP contribution in [0.1, 0.15) is 207 Å². The van der Waals surface area contributed by atoms with Crippen molar-refractivity contribution < 1.29 is 28.6 Å². The molecule has 0 rings (SSSR count). The molecule has 0 bridgehead atoms. The van der Waals surface area contributed by atoms with Crippen molar-refractivity contribution in [3.05, 3.63) is 60.8 Å². The normalized spacial score (nSPS) is 12.6. The van der Waals surface area contributed by atoms with Crippen LogP contribution in [0, 0.1) is 0 Å². The number of hydrogen-bond acceptors (Lipinski definition) is 6. The summed E-state index contributed by atoms with van der Waals surface area (Å²) < 4.78 is 16.6. The second-order valence-corrected chi connectivity index (χ2v) is 14.6. The molecule has 0 aliphatic rings. The van der Waals surface area contributed by atoms with Gasteiger partial charge in [0.1, 0.15) is 13.2 Å². The fourth-order valence-electron chi connectivity index (χ4n) is 5.86. The van der Waals surface area contributed by atoms with Crippen LogP contribution in [0.25, 0.3) is 0 Å². The molecule has 310 valence electrons. The number of hydrogen-bond donors (Lipinski definition) is 0. The van der Waals surface area contributed by atoms with E-state index < -0.39 is 6.10 Å². The Morgan fingerprint density at radius 3 is 1.28 bits per heavy atom. The third-order valence-corrected chi connectivity index (χ3v) is 9.23. The van der Waals surface area contributed by atoms with Crippen LogP contribution in [0.4, 0.5) is 0 Å². The van der Waals surface area contributed by atoms with Gasteiger partial charge in [-0.1, -0.05) is 152 Å². The monoisotopic (exact) mass is 755 g/mol. The molecule has 0 N–H and O–H groups in total. The molecule has 6 nitrogen and oxygen atoms in total. The van der Waals surface area contributed by atoms with E-state index in [1.54, 1.807) is 0 Å². The first kappa shape index (κ1) is 51.1. The van der Waals surface area contributed by atoms with E-state index in [0.29, 0.717) is 19.3 Å². The van der Waals surface area contributed by atoms with Crippen molar-refractivity contribution >= 4 is 17.9 Å². The summed E-state index contributed by atoms with van der Waals surface area (Å²) in [7, 11) is 0. The summed E-state index contributed by atoms with van der Waals surface area (Å²) in [5, 5.41) is 0. The van der Waals surface area contributed by atoms with Gasteiger partial charge in [0.15, 0.2) is 6.10 Å². The number of rotatable bonds is 39. The van der Waals surface area contributed by atoms with Crippen LogP contribution in [0.5, 0.6) is 0 Å². The van der Waals surface area contributed by atoms with Gasteiger partial charge in [0, 0.05) is 19.3 Å². The molecule has 0 fully saturated rings. The molecule has 0 amide bonds. The van der Waals surface area contributed by atoms with Gasteiger partial charge in [-0.2, -0.15) is 0 Å². The Labute approximate surface area is 332 Å². The number of ether oxygens (including phenoxy) is 3. The molecule has 0 saturated heterocycles. The zero-order valence-electron chi connectivity index (χ0n) is 35.2. The minimum Gasteiger partial charge on any atom is -0.462 e. The summed E-state index contributed by atoms with van der Waals surface area (Å²) >= 11 is 0. The average Bonchev–Trinajstić information content (AvgIpc) is 3.17. The van der Waals surface area contributed by atoms with E-state index in [-0.39, 0.29) is 37.5 Å². The zero-order chi connectivity index (χ0) is 39.4. The summed E-state index contributed by atoms with van der Waals surface area (Å²) in [6, 6.07) is 0. The van der Waals surface area contributed by atoms with E-state index >= 15 is 0 Å². The smallest absolute Gasteiger partial charge is 0.306 e. The molecule has 0 saturated carbocycles. The highest BCUT2D eigenvalue weighted by Crippen LogP contribution is 2.12. The number of carbonyl (C=O) groups excluding carboxylic acids is 3. The van der Waals surface area contributed by atoms with Gasteiger partial charge in [0.25, 0.3) is 0 Å². The van der Waals surface area contributed by atoms with Crippen LogP contribution in [-0.4, -0.2) is 37.2 Å². The third-order valence-electron chi connectivity index (χ3n) is 9.23. The van der Waals surface area contributed by atoms with Gasteiger partial charge in [0.2, 0.25) is 0 Å². The molecule has 0 aliphatic heterocycles. The standard InChI is InChI=1S/C48H82O6/c1-4-7-10-13-16-19-22-24-27-29-32-35-38-41-47(50)53-44-45(43-52-46(49)40-37-34-31-28-25-21-18-15-12-9-6-3)54-48(51)42-39-36-33-30-26-23-20-17-14-11-8-5-2/h9,12,17-18,20-21,24,27-28,31,45H,4-8,10-11,13-16,19,22-23,25-26,29-30,32-44H2,1-3H3/b12-9-,20-17-,21-18-,27-24-,31-28-. The van der Waals surface area contributed by atoms with Crippen LogP contribution >= 0.6 is 0 Å². The first-order valence-electron chi connectivity index (χ1n) is 22.3. The fraction of sp³-hybridized carbons (Fsp3) is 0.729. The Morgan fingerprint density at radius 1 is 0.389 bits per heavy atom. The molecule has 6 heteroatoms. The lowest BCUT2D eigenvalue weighted by Crippen LogP contribution is -2.30. The Hall–Kier alpha value is -2.89. The molecular formula is C48H82O6. The molecule has 0 aliphatic carbocycles. The Kier molecular flexibility index (Phi) is 40.6. The minimum absolute atomic E-state index is 0.102. The molecule has 54 heavy (non-hydrogen) atoms. The van der Waals surface area contributed by atoms with Gasteiger partial charge in [-0.05, 0) is 96.3 Å². The van der Waals surface area contributed by atoms with E-state index in [1.165, 1.54) is 70.6 Å². The Balaban J connectivity index is 4.48. The third kappa shape index (κ3) is 40.3. The summed E-state index contributed by atoms with van der Waals surface area (Å²) in [5.74, 6) is -0.988. The van der Waals surface area contributed by atoms with E-state index in [1.807, 2.05) is 0 Å². The summed E-state index contributed by atoms with van der Waals surface area (Å²) in [4.78, 5) is 37.6. The zero-order valence-corrected chi connectivity index (χ0v) is 35.2. The van der Waals surface area contributed by atoms with Gasteiger partial charge >= 0.3 is 17.9 Å². The molecule has 1 atom stereocenters. The molecule has 0 spiro atoms. The highest BCUT2D eigenvalue weighted by atomic mass is 16.6. The van der Waals surface area contributed by atoms with Gasteiger partial charge in [-0.3, -0.25) is 14.4 Å². The van der Waals surface area contributed by atoms with E-state index in [4.69, 9.17) is 14.2 Å².